The van der Waals surface area contributed by atoms with Crippen molar-refractivity contribution in [2.45, 2.75) is 188 Å². The lowest BCUT2D eigenvalue weighted by Crippen LogP contribution is -2.49. The first-order valence-corrected chi connectivity index (χ1v) is 26.7. The van der Waals surface area contributed by atoms with Crippen LogP contribution in [0.2, 0.25) is 36.3 Å². The first kappa shape index (κ1) is 42.4. The summed E-state index contributed by atoms with van der Waals surface area (Å²) in [5.74, 6) is 1.76. The van der Waals surface area contributed by atoms with Crippen LogP contribution in [0.25, 0.3) is 0 Å². The molecule has 3 fully saturated rings. The number of fused-ring (bicyclic) bond motifs is 1. The van der Waals surface area contributed by atoms with E-state index in [1.54, 1.807) is 16.9 Å². The van der Waals surface area contributed by atoms with Crippen LogP contribution < -0.4 is 0 Å². The number of esters is 1. The lowest BCUT2D eigenvalue weighted by atomic mass is 9.60. The van der Waals surface area contributed by atoms with Crippen molar-refractivity contribution in [1.82, 2.24) is 4.98 Å². The number of carbonyl (C=O) groups is 1. The van der Waals surface area contributed by atoms with Crippen molar-refractivity contribution in [2.75, 3.05) is 0 Å². The first-order chi connectivity index (χ1) is 23.4. The number of ether oxygens (including phenoxy) is 1. The van der Waals surface area contributed by atoms with Gasteiger partial charge in [-0.1, -0.05) is 86.1 Å². The zero-order valence-electron chi connectivity index (χ0n) is 35.0. The number of carbonyl (C=O) groups excluding carboxylic acids is 1. The van der Waals surface area contributed by atoms with E-state index >= 15 is 0 Å². The van der Waals surface area contributed by atoms with Gasteiger partial charge < -0.3 is 13.6 Å². The number of aromatic nitrogens is 1. The monoisotopic (exact) mass is 755 g/mol. The lowest BCUT2D eigenvalue weighted by Gasteiger charge is -2.46. The summed E-state index contributed by atoms with van der Waals surface area (Å²) in [6.07, 6.45) is 16.1. The molecule has 3 saturated carbocycles. The molecule has 0 amide bonds. The van der Waals surface area contributed by atoms with E-state index in [1.807, 2.05) is 12.3 Å². The quantitative estimate of drug-likeness (QED) is 0.157. The van der Waals surface area contributed by atoms with E-state index in [0.29, 0.717) is 23.2 Å². The molecule has 4 rings (SSSR count). The molecule has 0 bridgehead atoms. The zero-order chi connectivity index (χ0) is 38.2. The van der Waals surface area contributed by atoms with Crippen LogP contribution in [0.1, 0.15) is 143 Å². The minimum atomic E-state index is -2.00. The van der Waals surface area contributed by atoms with Crippen molar-refractivity contribution in [1.29, 1.82) is 0 Å². The number of aryl methyl sites for hydroxylation is 1. The molecule has 0 spiro atoms. The highest BCUT2D eigenvalue weighted by atomic mass is 32.1. The number of hydrogen-bond acceptors (Lipinski definition) is 6. The molecule has 0 saturated heterocycles. The Morgan fingerprint density at radius 1 is 1.06 bits per heavy atom. The standard InChI is InChI=1S/C43H73NO4SSi2/c1-29(18-16-20-38(46-32(4)45)40-44-30(2)28-49-40)36-23-24-37-33(19-17-25-43(36,37)11)21-22-34-26-35(47-50(12,13)41(5,6)7)27-39(31(34)3)48-51(14,15)42(8,9)10/h21-22,28-29,35-39H,3,16-20,23-27H2,1-2,4-15H3/b33-21+,34-22-/t29-,35-,36-,37+,38?,39+,43-/m1/s1. The van der Waals surface area contributed by atoms with Crippen molar-refractivity contribution in [3.8, 4) is 0 Å². The average Bonchev–Trinajstić information content (AvgIpc) is 3.58. The van der Waals surface area contributed by atoms with Gasteiger partial charge >= 0.3 is 5.97 Å². The molecule has 0 radical (unpaired) electrons. The van der Waals surface area contributed by atoms with Crippen LogP contribution in [0, 0.1) is 30.1 Å². The van der Waals surface area contributed by atoms with Gasteiger partial charge in [0.25, 0.3) is 0 Å². The summed E-state index contributed by atoms with van der Waals surface area (Å²) in [4.78, 5) is 16.5. The van der Waals surface area contributed by atoms with E-state index in [1.165, 1.54) is 50.2 Å². The molecular weight excluding hydrogens is 683 g/mol. The van der Waals surface area contributed by atoms with Gasteiger partial charge in [0.2, 0.25) is 0 Å². The molecular formula is C43H73NO4SSi2. The van der Waals surface area contributed by atoms with Gasteiger partial charge in [-0.3, -0.25) is 4.79 Å². The fraction of sp³-hybridized carbons (Fsp3) is 0.767. The second-order valence-electron chi connectivity index (χ2n) is 19.7. The summed E-state index contributed by atoms with van der Waals surface area (Å²) < 4.78 is 19.9. The van der Waals surface area contributed by atoms with Crippen LogP contribution in [0.4, 0.5) is 0 Å². The maximum Gasteiger partial charge on any atom is 0.303 e. The van der Waals surface area contributed by atoms with Crippen LogP contribution >= 0.6 is 11.3 Å². The van der Waals surface area contributed by atoms with Crippen LogP contribution in [0.15, 0.2) is 40.8 Å². The maximum atomic E-state index is 11.9. The SMILES string of the molecule is C=C1/C(=C\C=C2/CCC[C@]3(C)[C@@H]([C@H](C)CCCC(OC(C)=O)c4nc(C)cs4)CC[C@@H]23)C[C@@H](O[Si](C)(C)C(C)(C)C)C[C@@H]1O[Si](C)(C)C(C)(C)C. The summed E-state index contributed by atoms with van der Waals surface area (Å²) in [7, 11) is -3.95. The van der Waals surface area contributed by atoms with Gasteiger partial charge in [-0.25, -0.2) is 4.98 Å². The number of rotatable bonds is 12. The van der Waals surface area contributed by atoms with Gasteiger partial charge in [0, 0.05) is 24.4 Å². The first-order valence-electron chi connectivity index (χ1n) is 20.0. The molecule has 8 heteroatoms. The molecule has 3 aliphatic rings. The van der Waals surface area contributed by atoms with Crippen molar-refractivity contribution in [2.24, 2.45) is 23.2 Å². The van der Waals surface area contributed by atoms with Crippen LogP contribution in [-0.2, 0) is 18.4 Å². The Bertz CT molecular complexity index is 1450. The van der Waals surface area contributed by atoms with Crippen molar-refractivity contribution in [3.05, 3.63) is 51.5 Å². The number of hydrogen-bond donors (Lipinski definition) is 0. The third-order valence-electron chi connectivity index (χ3n) is 13.8. The van der Waals surface area contributed by atoms with E-state index in [9.17, 15) is 4.79 Å². The Morgan fingerprint density at radius 2 is 1.71 bits per heavy atom. The molecule has 0 aliphatic heterocycles. The molecule has 1 aromatic rings. The largest absolute Gasteiger partial charge is 0.455 e. The maximum absolute atomic E-state index is 11.9. The molecule has 1 aromatic heterocycles. The minimum absolute atomic E-state index is 0.00691. The van der Waals surface area contributed by atoms with Crippen molar-refractivity contribution < 1.29 is 18.4 Å². The molecule has 1 unspecified atom stereocenters. The summed E-state index contributed by atoms with van der Waals surface area (Å²) >= 11 is 1.60. The van der Waals surface area contributed by atoms with Crippen LogP contribution in [0.3, 0.4) is 0 Å². The summed E-state index contributed by atoms with van der Waals surface area (Å²) in [5, 5.41) is 3.27. The van der Waals surface area contributed by atoms with E-state index < -0.39 is 16.6 Å². The van der Waals surface area contributed by atoms with Crippen LogP contribution in [0.5, 0.6) is 0 Å². The van der Waals surface area contributed by atoms with E-state index in [0.717, 1.165) is 42.8 Å². The van der Waals surface area contributed by atoms with Crippen molar-refractivity contribution in [3.63, 3.8) is 0 Å². The van der Waals surface area contributed by atoms with E-state index in [2.05, 4.69) is 98.7 Å². The highest BCUT2D eigenvalue weighted by molar-refractivity contribution is 7.09. The normalized spacial score (nSPS) is 29.3. The van der Waals surface area contributed by atoms with Gasteiger partial charge in [-0.15, -0.1) is 11.3 Å². The zero-order valence-corrected chi connectivity index (χ0v) is 37.8. The van der Waals surface area contributed by atoms with Gasteiger partial charge in [0.15, 0.2) is 22.7 Å². The predicted octanol–water partition coefficient (Wildman–Crippen LogP) is 13.1. The molecule has 0 N–H and O–H groups in total. The van der Waals surface area contributed by atoms with Gasteiger partial charge in [-0.2, -0.15) is 0 Å². The third-order valence-corrected chi connectivity index (χ3v) is 23.9. The fourth-order valence-corrected chi connectivity index (χ4v) is 12.3. The molecule has 288 valence electrons. The van der Waals surface area contributed by atoms with Gasteiger partial charge in [0.05, 0.1) is 12.2 Å². The Hall–Kier alpha value is -1.33. The number of thiazole rings is 1. The highest BCUT2D eigenvalue weighted by Crippen LogP contribution is 2.60. The fourth-order valence-electron chi connectivity index (χ4n) is 8.76. The predicted molar refractivity (Wildman–Crippen MR) is 221 cm³/mol. The second-order valence-corrected chi connectivity index (χ2v) is 30.1. The molecule has 5 nitrogen and oxygen atoms in total. The Labute approximate surface area is 318 Å². The number of nitrogens with zero attached hydrogens (tertiary/aromatic N) is 1. The lowest BCUT2D eigenvalue weighted by molar-refractivity contribution is -0.147. The molecule has 0 aromatic carbocycles. The third kappa shape index (κ3) is 10.1. The topological polar surface area (TPSA) is 57.7 Å². The van der Waals surface area contributed by atoms with E-state index in [-0.39, 0.29) is 34.4 Å². The second kappa shape index (κ2) is 16.2. The molecule has 51 heavy (non-hydrogen) atoms. The molecule has 3 aliphatic carbocycles. The highest BCUT2D eigenvalue weighted by Gasteiger charge is 2.51. The van der Waals surface area contributed by atoms with Gasteiger partial charge in [0.1, 0.15) is 5.01 Å². The number of allylic oxidation sites excluding steroid dienone is 3. The average molecular weight is 756 g/mol. The van der Waals surface area contributed by atoms with E-state index in [4.69, 9.17) is 20.2 Å². The minimum Gasteiger partial charge on any atom is -0.455 e. The smallest absolute Gasteiger partial charge is 0.303 e. The van der Waals surface area contributed by atoms with Crippen molar-refractivity contribution >= 4 is 33.9 Å². The Kier molecular flexibility index (Phi) is 13.5. The van der Waals surface area contributed by atoms with Gasteiger partial charge in [-0.05, 0) is 129 Å². The Balaban J connectivity index is 1.51. The molecule has 1 heterocycles. The summed E-state index contributed by atoms with van der Waals surface area (Å²) in [5.41, 5.74) is 5.46. The molecule has 7 atom stereocenters. The summed E-state index contributed by atoms with van der Waals surface area (Å²) in [6.45, 7) is 36.8. The Morgan fingerprint density at radius 3 is 2.29 bits per heavy atom. The van der Waals surface area contributed by atoms with Crippen LogP contribution in [-0.4, -0.2) is 39.8 Å². The summed E-state index contributed by atoms with van der Waals surface area (Å²) in [6, 6.07) is 0.